The summed E-state index contributed by atoms with van der Waals surface area (Å²) in [6, 6.07) is 3.94. The third kappa shape index (κ3) is 5.47. The molecular formula is C20H36O2. The van der Waals surface area contributed by atoms with Crippen LogP contribution in [0.1, 0.15) is 91.2 Å². The molecule has 0 heterocycles. The highest BCUT2D eigenvalue weighted by molar-refractivity contribution is 5.95. The number of benzene rings is 1. The second-order valence-electron chi connectivity index (χ2n) is 7.16. The summed E-state index contributed by atoms with van der Waals surface area (Å²) in [5, 5.41) is 0. The molecule has 0 atom stereocenters. The van der Waals surface area contributed by atoms with Crippen molar-refractivity contribution >= 4 is 5.78 Å². The molecule has 128 valence electrons. The molecule has 0 unspecified atom stereocenters. The van der Waals surface area contributed by atoms with Crippen LogP contribution in [0.3, 0.4) is 0 Å². The van der Waals surface area contributed by atoms with Crippen LogP contribution in [0.25, 0.3) is 0 Å². The molecule has 0 saturated carbocycles. The number of carbonyl (C=O) groups excluding carboxylic acids is 1. The van der Waals surface area contributed by atoms with Gasteiger partial charge in [0.25, 0.3) is 0 Å². The molecule has 0 radical (unpaired) electrons. The van der Waals surface area contributed by atoms with E-state index in [0.29, 0.717) is 0 Å². The molecule has 0 spiro atoms. The number of methoxy groups -OCH3 is 1. The van der Waals surface area contributed by atoms with Gasteiger partial charge in [0.2, 0.25) is 0 Å². The third-order valence-electron chi connectivity index (χ3n) is 3.32. The van der Waals surface area contributed by atoms with Crippen LogP contribution < -0.4 is 4.74 Å². The van der Waals surface area contributed by atoms with E-state index in [1.54, 1.807) is 14.0 Å². The molecular weight excluding hydrogens is 272 g/mol. The van der Waals surface area contributed by atoms with Gasteiger partial charge in [0, 0.05) is 16.7 Å². The van der Waals surface area contributed by atoms with Crippen molar-refractivity contribution in [3.63, 3.8) is 0 Å². The third-order valence-corrected chi connectivity index (χ3v) is 3.32. The number of hydrogen-bond donors (Lipinski definition) is 0. The first-order valence-corrected chi connectivity index (χ1v) is 7.72. The highest BCUT2D eigenvalue weighted by Crippen LogP contribution is 2.40. The van der Waals surface area contributed by atoms with Gasteiger partial charge >= 0.3 is 0 Å². The van der Waals surface area contributed by atoms with E-state index in [0.717, 1.165) is 22.4 Å². The second-order valence-corrected chi connectivity index (χ2v) is 7.16. The fraction of sp³-hybridized carbons (Fsp3) is 0.650. The van der Waals surface area contributed by atoms with E-state index in [1.807, 2.05) is 26.0 Å². The quantitative estimate of drug-likeness (QED) is 0.612. The standard InChI is InChI=1S/C17H26O2.C2H6.CH4/c1-11(18)12-9-13(16(2,3)4)15(19-8)14(10-12)17(5,6)7;1-2;/h9-10H,1-8H3;1-2H3;1H4. The fourth-order valence-electron chi connectivity index (χ4n) is 2.17. The molecule has 2 nitrogen and oxygen atoms in total. The van der Waals surface area contributed by atoms with Crippen LogP contribution in [0.2, 0.25) is 0 Å². The molecule has 0 bridgehead atoms. The molecule has 22 heavy (non-hydrogen) atoms. The van der Waals surface area contributed by atoms with Gasteiger partial charge < -0.3 is 4.74 Å². The summed E-state index contributed by atoms with van der Waals surface area (Å²) >= 11 is 0. The molecule has 0 saturated heterocycles. The first-order chi connectivity index (χ1) is 9.48. The first-order valence-electron chi connectivity index (χ1n) is 7.72. The Morgan fingerprint density at radius 1 is 0.909 bits per heavy atom. The van der Waals surface area contributed by atoms with Crippen LogP contribution >= 0.6 is 0 Å². The lowest BCUT2D eigenvalue weighted by atomic mass is 9.78. The van der Waals surface area contributed by atoms with Crippen LogP contribution in [0, 0.1) is 0 Å². The molecule has 1 rings (SSSR count). The Hall–Kier alpha value is -1.31. The van der Waals surface area contributed by atoms with Gasteiger partial charge in [-0.25, -0.2) is 0 Å². The Balaban J connectivity index is 0. The van der Waals surface area contributed by atoms with E-state index in [1.165, 1.54) is 0 Å². The van der Waals surface area contributed by atoms with Crippen molar-refractivity contribution in [1.29, 1.82) is 0 Å². The predicted octanol–water partition coefficient (Wildman–Crippen LogP) is 6.16. The maximum absolute atomic E-state index is 11.8. The average molecular weight is 309 g/mol. The van der Waals surface area contributed by atoms with Crippen molar-refractivity contribution in [3.8, 4) is 5.75 Å². The Kier molecular flexibility index (Phi) is 8.72. The minimum Gasteiger partial charge on any atom is -0.496 e. The zero-order valence-electron chi connectivity index (χ0n) is 15.5. The van der Waals surface area contributed by atoms with Crippen molar-refractivity contribution in [2.24, 2.45) is 0 Å². The molecule has 0 aliphatic rings. The van der Waals surface area contributed by atoms with E-state index in [4.69, 9.17) is 4.74 Å². The number of ether oxygens (including phenoxy) is 1. The topological polar surface area (TPSA) is 26.3 Å². The van der Waals surface area contributed by atoms with Crippen molar-refractivity contribution in [1.82, 2.24) is 0 Å². The van der Waals surface area contributed by atoms with Gasteiger partial charge in [-0.1, -0.05) is 62.8 Å². The molecule has 1 aromatic carbocycles. The highest BCUT2D eigenvalue weighted by Gasteiger charge is 2.27. The smallest absolute Gasteiger partial charge is 0.159 e. The van der Waals surface area contributed by atoms with E-state index in [9.17, 15) is 4.79 Å². The van der Waals surface area contributed by atoms with Crippen LogP contribution in [0.4, 0.5) is 0 Å². The lowest BCUT2D eigenvalue weighted by molar-refractivity contribution is 0.101. The first kappa shape index (κ1) is 23.0. The summed E-state index contributed by atoms with van der Waals surface area (Å²) in [4.78, 5) is 11.8. The summed E-state index contributed by atoms with van der Waals surface area (Å²) in [7, 11) is 1.70. The average Bonchev–Trinajstić information content (AvgIpc) is 2.37. The van der Waals surface area contributed by atoms with Crippen molar-refractivity contribution in [2.45, 2.75) is 80.6 Å². The number of ketones is 1. The van der Waals surface area contributed by atoms with Crippen molar-refractivity contribution in [3.05, 3.63) is 28.8 Å². The second kappa shape index (κ2) is 8.36. The molecule has 2 heteroatoms. The van der Waals surface area contributed by atoms with Crippen molar-refractivity contribution < 1.29 is 9.53 Å². The fourth-order valence-corrected chi connectivity index (χ4v) is 2.17. The number of hydrogen-bond acceptors (Lipinski definition) is 2. The Labute approximate surface area is 138 Å². The van der Waals surface area contributed by atoms with E-state index < -0.39 is 0 Å². The molecule has 0 fully saturated rings. The largest absolute Gasteiger partial charge is 0.496 e. The lowest BCUT2D eigenvalue weighted by Gasteiger charge is -2.29. The van der Waals surface area contributed by atoms with Crippen LogP contribution in [0.5, 0.6) is 5.75 Å². The molecule has 0 aliphatic carbocycles. The monoisotopic (exact) mass is 308 g/mol. The van der Waals surface area contributed by atoms with Gasteiger partial charge in [0.1, 0.15) is 5.75 Å². The number of rotatable bonds is 2. The van der Waals surface area contributed by atoms with Gasteiger partial charge in [-0.2, -0.15) is 0 Å². The number of carbonyl (C=O) groups is 1. The zero-order valence-corrected chi connectivity index (χ0v) is 15.5. The molecule has 0 amide bonds. The summed E-state index contributed by atoms with van der Waals surface area (Å²) in [6.45, 7) is 18.5. The van der Waals surface area contributed by atoms with Gasteiger partial charge in [0.15, 0.2) is 5.78 Å². The summed E-state index contributed by atoms with van der Waals surface area (Å²) < 4.78 is 5.65. The normalized spacial score (nSPS) is 11.0. The predicted molar refractivity (Wildman–Crippen MR) is 98.5 cm³/mol. The van der Waals surface area contributed by atoms with Gasteiger partial charge in [-0.3, -0.25) is 4.79 Å². The molecule has 0 aliphatic heterocycles. The molecule has 0 N–H and O–H groups in total. The summed E-state index contributed by atoms with van der Waals surface area (Å²) in [5.41, 5.74) is 2.82. The van der Waals surface area contributed by atoms with Gasteiger partial charge in [-0.05, 0) is 29.9 Å². The Bertz CT molecular complexity index is 450. The minimum absolute atomic E-state index is 0. The Morgan fingerprint density at radius 2 is 1.23 bits per heavy atom. The SMILES string of the molecule is C.CC.COc1c(C(C)(C)C)cc(C(C)=O)cc1C(C)(C)C. The minimum atomic E-state index is -0.0587. The number of Topliss-reactive ketones (excluding diaryl/α,β-unsaturated/α-hetero) is 1. The van der Waals surface area contributed by atoms with E-state index in [-0.39, 0.29) is 24.0 Å². The van der Waals surface area contributed by atoms with Gasteiger partial charge in [-0.15, -0.1) is 0 Å². The van der Waals surface area contributed by atoms with Crippen LogP contribution in [-0.2, 0) is 10.8 Å². The maximum atomic E-state index is 11.8. The van der Waals surface area contributed by atoms with Crippen LogP contribution in [-0.4, -0.2) is 12.9 Å². The highest BCUT2D eigenvalue weighted by atomic mass is 16.5. The lowest BCUT2D eigenvalue weighted by Crippen LogP contribution is -2.20. The maximum Gasteiger partial charge on any atom is 0.159 e. The van der Waals surface area contributed by atoms with Crippen LogP contribution in [0.15, 0.2) is 12.1 Å². The summed E-state index contributed by atoms with van der Waals surface area (Å²) in [6.07, 6.45) is 0. The molecule has 0 aromatic heterocycles. The van der Waals surface area contributed by atoms with E-state index >= 15 is 0 Å². The molecule has 1 aromatic rings. The zero-order chi connectivity index (χ0) is 17.0. The van der Waals surface area contributed by atoms with Gasteiger partial charge in [0.05, 0.1) is 7.11 Å². The van der Waals surface area contributed by atoms with E-state index in [2.05, 4.69) is 41.5 Å². The summed E-state index contributed by atoms with van der Waals surface area (Å²) in [5.74, 6) is 1.00. The van der Waals surface area contributed by atoms with Crippen molar-refractivity contribution in [2.75, 3.05) is 7.11 Å². The Morgan fingerprint density at radius 3 is 1.41 bits per heavy atom.